The molecule has 0 amide bonds. The Morgan fingerprint density at radius 2 is 2.21 bits per heavy atom. The molecule has 2 nitrogen and oxygen atoms in total. The Labute approximate surface area is 85.9 Å². The predicted octanol–water partition coefficient (Wildman–Crippen LogP) is 3.08. The SMILES string of the molecule is COc1c(CCl)ncc(C(F)F)c1C. The molecule has 14 heavy (non-hydrogen) atoms. The average Bonchev–Trinajstić information content (AvgIpc) is 2.16. The highest BCUT2D eigenvalue weighted by Gasteiger charge is 2.17. The van der Waals surface area contributed by atoms with Gasteiger partial charge in [-0.2, -0.15) is 0 Å². The van der Waals surface area contributed by atoms with E-state index in [0.717, 1.165) is 6.20 Å². The molecule has 5 heteroatoms. The number of aromatic nitrogens is 1. The van der Waals surface area contributed by atoms with Crippen molar-refractivity contribution in [2.45, 2.75) is 19.2 Å². The zero-order valence-electron chi connectivity index (χ0n) is 7.85. The van der Waals surface area contributed by atoms with Gasteiger partial charge in [0.1, 0.15) is 5.75 Å². The Kier molecular flexibility index (Phi) is 3.63. The van der Waals surface area contributed by atoms with E-state index in [-0.39, 0.29) is 11.4 Å². The molecule has 1 aromatic heterocycles. The summed E-state index contributed by atoms with van der Waals surface area (Å²) in [6.07, 6.45) is -1.40. The first kappa shape index (κ1) is 11.2. The molecular weight excluding hydrogens is 212 g/mol. The quantitative estimate of drug-likeness (QED) is 0.732. The number of nitrogens with zero attached hydrogens (tertiary/aromatic N) is 1. The molecule has 0 spiro atoms. The van der Waals surface area contributed by atoms with Crippen LogP contribution in [0.2, 0.25) is 0 Å². The summed E-state index contributed by atoms with van der Waals surface area (Å²) in [7, 11) is 1.41. The van der Waals surface area contributed by atoms with Crippen molar-refractivity contribution >= 4 is 11.6 Å². The monoisotopic (exact) mass is 221 g/mol. The van der Waals surface area contributed by atoms with Crippen LogP contribution in [0, 0.1) is 6.92 Å². The van der Waals surface area contributed by atoms with Gasteiger partial charge in [-0.3, -0.25) is 4.98 Å². The van der Waals surface area contributed by atoms with Gasteiger partial charge >= 0.3 is 0 Å². The van der Waals surface area contributed by atoms with E-state index in [1.54, 1.807) is 6.92 Å². The largest absolute Gasteiger partial charge is 0.495 e. The van der Waals surface area contributed by atoms with Gasteiger partial charge in [0.05, 0.1) is 18.7 Å². The van der Waals surface area contributed by atoms with E-state index in [9.17, 15) is 8.78 Å². The van der Waals surface area contributed by atoms with Crippen LogP contribution < -0.4 is 4.74 Å². The Bertz CT molecular complexity index is 331. The summed E-state index contributed by atoms with van der Waals surface area (Å²) in [6, 6.07) is 0. The lowest BCUT2D eigenvalue weighted by molar-refractivity contribution is 0.149. The third-order valence-electron chi connectivity index (χ3n) is 1.96. The molecule has 0 bridgehead atoms. The molecule has 1 rings (SSSR count). The first-order valence-corrected chi connectivity index (χ1v) is 4.51. The molecule has 1 aromatic rings. The maximum absolute atomic E-state index is 12.5. The van der Waals surface area contributed by atoms with Crippen molar-refractivity contribution in [3.63, 3.8) is 0 Å². The van der Waals surface area contributed by atoms with Gasteiger partial charge in [-0.15, -0.1) is 11.6 Å². The molecule has 0 saturated heterocycles. The fourth-order valence-corrected chi connectivity index (χ4v) is 1.43. The van der Waals surface area contributed by atoms with E-state index < -0.39 is 6.43 Å². The second kappa shape index (κ2) is 4.55. The number of methoxy groups -OCH3 is 1. The van der Waals surface area contributed by atoms with Gasteiger partial charge in [0.15, 0.2) is 0 Å². The van der Waals surface area contributed by atoms with Gasteiger partial charge in [0.2, 0.25) is 0 Å². The van der Waals surface area contributed by atoms with Crippen LogP contribution in [0.3, 0.4) is 0 Å². The van der Waals surface area contributed by atoms with Crippen LogP contribution in [0.25, 0.3) is 0 Å². The Balaban J connectivity index is 3.27. The van der Waals surface area contributed by atoms with Crippen LogP contribution >= 0.6 is 11.6 Å². The molecule has 0 aliphatic rings. The predicted molar refractivity (Wildman–Crippen MR) is 50.0 cm³/mol. The van der Waals surface area contributed by atoms with Crippen molar-refractivity contribution in [1.29, 1.82) is 0 Å². The minimum atomic E-state index is -2.54. The molecule has 0 atom stereocenters. The van der Waals surface area contributed by atoms with Gasteiger partial charge in [-0.05, 0) is 6.92 Å². The second-order valence-electron chi connectivity index (χ2n) is 2.75. The average molecular weight is 222 g/mol. The van der Waals surface area contributed by atoms with E-state index in [1.165, 1.54) is 7.11 Å². The number of rotatable bonds is 3. The Morgan fingerprint density at radius 3 is 2.64 bits per heavy atom. The van der Waals surface area contributed by atoms with Crippen LogP contribution in [-0.4, -0.2) is 12.1 Å². The highest BCUT2D eigenvalue weighted by atomic mass is 35.5. The van der Waals surface area contributed by atoms with Crippen LogP contribution in [-0.2, 0) is 5.88 Å². The van der Waals surface area contributed by atoms with Crippen molar-refractivity contribution in [3.05, 3.63) is 23.0 Å². The third kappa shape index (κ3) is 1.95. The van der Waals surface area contributed by atoms with E-state index in [4.69, 9.17) is 16.3 Å². The number of hydrogen-bond acceptors (Lipinski definition) is 2. The first-order chi connectivity index (χ1) is 6.61. The fourth-order valence-electron chi connectivity index (χ4n) is 1.24. The van der Waals surface area contributed by atoms with Crippen molar-refractivity contribution in [1.82, 2.24) is 4.98 Å². The highest BCUT2D eigenvalue weighted by Crippen LogP contribution is 2.31. The summed E-state index contributed by atoms with van der Waals surface area (Å²) >= 11 is 5.58. The summed E-state index contributed by atoms with van der Waals surface area (Å²) in [4.78, 5) is 3.81. The standard InChI is InChI=1S/C9H10ClF2NO/c1-5-6(9(11)12)4-13-7(3-10)8(5)14-2/h4,9H,3H2,1-2H3. The van der Waals surface area contributed by atoms with E-state index >= 15 is 0 Å². The molecule has 0 fully saturated rings. The molecule has 1 heterocycles. The lowest BCUT2D eigenvalue weighted by Crippen LogP contribution is -2.00. The molecule has 0 aromatic carbocycles. The lowest BCUT2D eigenvalue weighted by atomic mass is 10.1. The zero-order valence-corrected chi connectivity index (χ0v) is 8.61. The van der Waals surface area contributed by atoms with Crippen molar-refractivity contribution < 1.29 is 13.5 Å². The van der Waals surface area contributed by atoms with E-state index in [0.29, 0.717) is 17.0 Å². The van der Waals surface area contributed by atoms with Gasteiger partial charge in [0, 0.05) is 17.3 Å². The lowest BCUT2D eigenvalue weighted by Gasteiger charge is -2.12. The minimum Gasteiger partial charge on any atom is -0.495 e. The summed E-state index contributed by atoms with van der Waals surface area (Å²) < 4.78 is 29.9. The summed E-state index contributed by atoms with van der Waals surface area (Å²) in [5, 5.41) is 0. The molecule has 0 aliphatic carbocycles. The summed E-state index contributed by atoms with van der Waals surface area (Å²) in [6.45, 7) is 1.57. The summed E-state index contributed by atoms with van der Waals surface area (Å²) in [5.74, 6) is 0.492. The maximum atomic E-state index is 12.5. The molecule has 0 unspecified atom stereocenters. The molecule has 78 valence electrons. The van der Waals surface area contributed by atoms with E-state index in [2.05, 4.69) is 4.98 Å². The topological polar surface area (TPSA) is 22.1 Å². The highest BCUT2D eigenvalue weighted by molar-refractivity contribution is 6.17. The van der Waals surface area contributed by atoms with Gasteiger partial charge in [-0.25, -0.2) is 8.78 Å². The first-order valence-electron chi connectivity index (χ1n) is 3.98. The number of hydrogen-bond donors (Lipinski definition) is 0. The Morgan fingerprint density at radius 1 is 1.57 bits per heavy atom. The minimum absolute atomic E-state index is 0.115. The molecule has 0 radical (unpaired) electrons. The second-order valence-corrected chi connectivity index (χ2v) is 3.02. The van der Waals surface area contributed by atoms with Gasteiger partial charge in [-0.1, -0.05) is 0 Å². The smallest absolute Gasteiger partial charge is 0.265 e. The molecular formula is C9H10ClF2NO. The van der Waals surface area contributed by atoms with Crippen molar-refractivity contribution in [3.8, 4) is 5.75 Å². The van der Waals surface area contributed by atoms with Crippen LogP contribution in [0.15, 0.2) is 6.20 Å². The summed E-state index contributed by atoms with van der Waals surface area (Å²) in [5.41, 5.74) is 0.764. The normalized spacial score (nSPS) is 10.7. The maximum Gasteiger partial charge on any atom is 0.265 e. The number of pyridine rings is 1. The van der Waals surface area contributed by atoms with Gasteiger partial charge < -0.3 is 4.74 Å². The van der Waals surface area contributed by atoms with E-state index in [1.807, 2.05) is 0 Å². The Hall–Kier alpha value is -0.900. The molecule has 0 aliphatic heterocycles. The van der Waals surface area contributed by atoms with Gasteiger partial charge in [0.25, 0.3) is 6.43 Å². The van der Waals surface area contributed by atoms with Crippen LogP contribution in [0.4, 0.5) is 8.78 Å². The van der Waals surface area contributed by atoms with Crippen molar-refractivity contribution in [2.75, 3.05) is 7.11 Å². The molecule has 0 saturated carbocycles. The zero-order chi connectivity index (χ0) is 10.7. The van der Waals surface area contributed by atoms with Crippen LogP contribution in [0.5, 0.6) is 5.75 Å². The molecule has 0 N–H and O–H groups in total. The fraction of sp³-hybridized carbons (Fsp3) is 0.444. The number of halogens is 3. The number of ether oxygens (including phenoxy) is 1. The van der Waals surface area contributed by atoms with Crippen molar-refractivity contribution in [2.24, 2.45) is 0 Å². The number of alkyl halides is 3. The third-order valence-corrected chi connectivity index (χ3v) is 2.21. The van der Waals surface area contributed by atoms with Crippen LogP contribution in [0.1, 0.15) is 23.2 Å².